The van der Waals surface area contributed by atoms with Gasteiger partial charge in [-0.05, 0) is 43.4 Å². The molecule has 0 saturated carbocycles. The predicted octanol–water partition coefficient (Wildman–Crippen LogP) is 0.712. The van der Waals surface area contributed by atoms with Crippen molar-refractivity contribution in [2.75, 3.05) is 12.8 Å². The highest BCUT2D eigenvalue weighted by Gasteiger charge is 2.47. The quantitative estimate of drug-likeness (QED) is 0.432. The van der Waals surface area contributed by atoms with Crippen LogP contribution in [0.2, 0.25) is 0 Å². The number of rotatable bonds is 6. The van der Waals surface area contributed by atoms with Crippen LogP contribution in [-0.2, 0) is 9.53 Å². The van der Waals surface area contributed by atoms with Crippen molar-refractivity contribution < 1.29 is 24.9 Å². The van der Waals surface area contributed by atoms with E-state index in [0.717, 1.165) is 25.8 Å². The second-order valence-electron chi connectivity index (χ2n) is 8.64. The molecule has 0 radical (unpaired) electrons. The minimum atomic E-state index is -1.31. The number of thioether (sulfide) groups is 1. The van der Waals surface area contributed by atoms with Crippen LogP contribution >= 0.6 is 11.8 Å². The Hall–Kier alpha value is -0.380. The van der Waals surface area contributed by atoms with Crippen molar-refractivity contribution in [1.82, 2.24) is 10.6 Å². The minimum Gasteiger partial charge on any atom is -0.388 e. The monoisotopic (exact) mass is 418 g/mol. The molecule has 2 aliphatic heterocycles. The smallest absolute Gasteiger partial charge is 0.237 e. The van der Waals surface area contributed by atoms with E-state index in [1.807, 2.05) is 13.8 Å². The Kier molecular flexibility index (Phi) is 9.04. The summed E-state index contributed by atoms with van der Waals surface area (Å²) in [6.07, 6.45) is 0.158. The molecule has 0 bridgehead atoms. The summed E-state index contributed by atoms with van der Waals surface area (Å²) in [6, 6.07) is -0.739. The number of ether oxygens (including phenoxy) is 1. The Balaban J connectivity index is 2.08. The van der Waals surface area contributed by atoms with E-state index in [9.17, 15) is 20.1 Å². The fraction of sp³-hybridized carbons (Fsp3) is 0.950. The van der Waals surface area contributed by atoms with Gasteiger partial charge in [0.15, 0.2) is 0 Å². The number of aliphatic hydroxyl groups excluding tert-OH is 3. The maximum Gasteiger partial charge on any atom is 0.237 e. The van der Waals surface area contributed by atoms with Crippen molar-refractivity contribution >= 4 is 17.7 Å². The Morgan fingerprint density at radius 1 is 1.21 bits per heavy atom. The maximum atomic E-state index is 13.0. The Morgan fingerprint density at radius 3 is 2.46 bits per heavy atom. The van der Waals surface area contributed by atoms with Gasteiger partial charge in [0.2, 0.25) is 5.91 Å². The van der Waals surface area contributed by atoms with Crippen LogP contribution in [0.4, 0.5) is 0 Å². The lowest BCUT2D eigenvalue weighted by Gasteiger charge is -2.44. The van der Waals surface area contributed by atoms with Crippen LogP contribution in [0.15, 0.2) is 0 Å². The van der Waals surface area contributed by atoms with Gasteiger partial charge in [0.25, 0.3) is 0 Å². The van der Waals surface area contributed by atoms with Gasteiger partial charge in [-0.2, -0.15) is 0 Å². The van der Waals surface area contributed by atoms with Gasteiger partial charge in [-0.25, -0.2) is 0 Å². The summed E-state index contributed by atoms with van der Waals surface area (Å²) in [4.78, 5) is 13.0. The second kappa shape index (κ2) is 10.6. The van der Waals surface area contributed by atoms with E-state index in [0.29, 0.717) is 11.8 Å². The van der Waals surface area contributed by atoms with E-state index in [-0.39, 0.29) is 17.9 Å². The van der Waals surface area contributed by atoms with E-state index in [1.165, 1.54) is 11.8 Å². The number of amides is 1. The molecule has 2 saturated heterocycles. The van der Waals surface area contributed by atoms with Gasteiger partial charge in [-0.3, -0.25) is 4.79 Å². The van der Waals surface area contributed by atoms with Gasteiger partial charge in [0.1, 0.15) is 29.9 Å². The van der Waals surface area contributed by atoms with Gasteiger partial charge >= 0.3 is 0 Å². The van der Waals surface area contributed by atoms with E-state index in [4.69, 9.17) is 4.74 Å². The summed E-state index contributed by atoms with van der Waals surface area (Å²) in [5, 5.41) is 37.3. The Bertz CT molecular complexity index is 507. The zero-order valence-electron chi connectivity index (χ0n) is 17.7. The summed E-state index contributed by atoms with van der Waals surface area (Å²) in [6.45, 7) is 9.12. The lowest BCUT2D eigenvalue weighted by molar-refractivity contribution is -0.208. The lowest BCUT2D eigenvalue weighted by atomic mass is 9.87. The predicted molar refractivity (Wildman–Crippen MR) is 111 cm³/mol. The van der Waals surface area contributed by atoms with Gasteiger partial charge in [0.05, 0.1) is 12.1 Å². The van der Waals surface area contributed by atoms with E-state index in [1.54, 1.807) is 6.26 Å². The number of nitrogens with one attached hydrogen (secondary N) is 2. The highest BCUT2D eigenvalue weighted by molar-refractivity contribution is 7.99. The van der Waals surface area contributed by atoms with Crippen LogP contribution in [0.1, 0.15) is 47.0 Å². The summed E-state index contributed by atoms with van der Waals surface area (Å²) in [5.41, 5.74) is -0.649. The van der Waals surface area contributed by atoms with Crippen molar-refractivity contribution in [1.29, 1.82) is 0 Å². The fourth-order valence-corrected chi connectivity index (χ4v) is 5.03. The first kappa shape index (κ1) is 23.9. The molecular formula is C20H38N2O5S. The normalized spacial score (nSPS) is 40.8. The average molecular weight is 419 g/mol. The van der Waals surface area contributed by atoms with Crippen molar-refractivity contribution in [3.05, 3.63) is 0 Å². The number of carbonyl (C=O) groups is 1. The van der Waals surface area contributed by atoms with Gasteiger partial charge in [0, 0.05) is 0 Å². The molecule has 8 heteroatoms. The summed E-state index contributed by atoms with van der Waals surface area (Å²) >= 11 is 1.28. The van der Waals surface area contributed by atoms with Crippen LogP contribution in [0, 0.1) is 17.8 Å². The Labute approximate surface area is 173 Å². The van der Waals surface area contributed by atoms with Crippen LogP contribution in [0.25, 0.3) is 0 Å². The lowest BCUT2D eigenvalue weighted by Crippen LogP contribution is -2.64. The maximum absolute atomic E-state index is 13.0. The number of aliphatic hydroxyl groups is 3. The SMILES string of the molecule is CCC1CC[C@@H](C(=O)N[C@H](C(C)C)[C@H]2O[C@H](SC)[C@H](O)[C@@H](O)[C@H]2O)NCC1C. The first-order valence-corrected chi connectivity index (χ1v) is 11.8. The molecule has 28 heavy (non-hydrogen) atoms. The molecule has 5 N–H and O–H groups in total. The molecule has 0 spiro atoms. The summed E-state index contributed by atoms with van der Waals surface area (Å²) < 4.78 is 5.89. The minimum absolute atomic E-state index is 0.0124. The van der Waals surface area contributed by atoms with Crippen molar-refractivity contribution in [2.45, 2.75) is 88.9 Å². The van der Waals surface area contributed by atoms with Crippen molar-refractivity contribution in [3.63, 3.8) is 0 Å². The molecule has 2 fully saturated rings. The molecule has 0 aromatic carbocycles. The van der Waals surface area contributed by atoms with E-state index >= 15 is 0 Å². The van der Waals surface area contributed by atoms with Crippen molar-refractivity contribution in [3.8, 4) is 0 Å². The van der Waals surface area contributed by atoms with Crippen LogP contribution < -0.4 is 10.6 Å². The van der Waals surface area contributed by atoms with Crippen LogP contribution in [0.5, 0.6) is 0 Å². The summed E-state index contributed by atoms with van der Waals surface area (Å²) in [7, 11) is 0. The van der Waals surface area contributed by atoms with Gasteiger partial charge in [-0.15, -0.1) is 11.8 Å². The molecule has 164 valence electrons. The molecule has 2 aliphatic rings. The highest BCUT2D eigenvalue weighted by Crippen LogP contribution is 2.31. The number of carbonyl (C=O) groups excluding carboxylic acids is 1. The molecule has 2 unspecified atom stereocenters. The van der Waals surface area contributed by atoms with Gasteiger partial charge in [-0.1, -0.05) is 34.1 Å². The molecular weight excluding hydrogens is 380 g/mol. The molecule has 0 aliphatic carbocycles. The standard InChI is InChI=1S/C20H38N2O5S/c1-6-12-7-8-13(21-9-11(12)4)19(26)22-14(10(2)3)18-16(24)15(23)17(25)20(27-18)28-5/h10-18,20-21,23-25H,6-9H2,1-5H3,(H,22,26)/t11?,12?,13-,14+,15-,16+,17+,18+,20+/m0/s1. The van der Waals surface area contributed by atoms with Crippen molar-refractivity contribution in [2.24, 2.45) is 17.8 Å². The third kappa shape index (κ3) is 5.40. The number of hydrogen-bond donors (Lipinski definition) is 5. The first-order chi connectivity index (χ1) is 13.2. The van der Waals surface area contributed by atoms with Crippen LogP contribution in [0.3, 0.4) is 0 Å². The third-order valence-electron chi connectivity index (χ3n) is 6.38. The molecule has 7 nitrogen and oxygen atoms in total. The molecule has 0 aromatic rings. The Morgan fingerprint density at radius 2 is 1.89 bits per heavy atom. The molecule has 1 amide bonds. The molecule has 2 heterocycles. The molecule has 0 aromatic heterocycles. The highest BCUT2D eigenvalue weighted by atomic mass is 32.2. The molecule has 2 rings (SSSR count). The van der Waals surface area contributed by atoms with Crippen LogP contribution in [-0.4, -0.2) is 76.0 Å². The second-order valence-corrected chi connectivity index (χ2v) is 9.57. The van der Waals surface area contributed by atoms with E-state index < -0.39 is 35.9 Å². The zero-order valence-corrected chi connectivity index (χ0v) is 18.5. The average Bonchev–Trinajstić information content (AvgIpc) is 2.86. The zero-order chi connectivity index (χ0) is 21.0. The van der Waals surface area contributed by atoms with E-state index in [2.05, 4.69) is 24.5 Å². The molecule has 9 atom stereocenters. The first-order valence-electron chi connectivity index (χ1n) is 10.5. The summed E-state index contributed by atoms with van der Waals surface area (Å²) in [5.74, 6) is 1.04. The number of hydrogen-bond acceptors (Lipinski definition) is 7. The largest absolute Gasteiger partial charge is 0.388 e. The fourth-order valence-electron chi connectivity index (χ4n) is 4.35. The third-order valence-corrected chi connectivity index (χ3v) is 7.23. The topological polar surface area (TPSA) is 111 Å². The van der Waals surface area contributed by atoms with Gasteiger partial charge < -0.3 is 30.7 Å².